The highest BCUT2D eigenvalue weighted by Crippen LogP contribution is 2.13. The second-order valence-electron chi connectivity index (χ2n) is 4.18. The largest absolute Gasteiger partial charge is 0.508 e. The molecule has 17 heavy (non-hydrogen) atoms. The molecular formula is C16H26O. The molecule has 0 aliphatic carbocycles. The van der Waals surface area contributed by atoms with E-state index < -0.39 is 0 Å². The van der Waals surface area contributed by atoms with Gasteiger partial charge >= 0.3 is 0 Å². The fourth-order valence-corrected chi connectivity index (χ4v) is 1.77. The van der Waals surface area contributed by atoms with E-state index in [1.165, 1.54) is 44.1 Å². The molecule has 0 atom stereocenters. The molecule has 0 bridgehead atoms. The number of hydrogen-bond donors (Lipinski definition) is 1. The van der Waals surface area contributed by atoms with Crippen LogP contribution in [0.2, 0.25) is 0 Å². The van der Waals surface area contributed by atoms with Crippen molar-refractivity contribution < 1.29 is 5.11 Å². The summed E-state index contributed by atoms with van der Waals surface area (Å²) in [7, 11) is 0. The number of rotatable bonds is 7. The molecule has 0 spiro atoms. The smallest absolute Gasteiger partial charge is 0.115 e. The van der Waals surface area contributed by atoms with Crippen LogP contribution in [0, 0.1) is 0 Å². The predicted octanol–water partition coefficient (Wildman–Crippen LogP) is 5.10. The van der Waals surface area contributed by atoms with Crippen LogP contribution >= 0.6 is 0 Å². The van der Waals surface area contributed by atoms with Crippen LogP contribution in [0.15, 0.2) is 37.4 Å². The van der Waals surface area contributed by atoms with Crippen LogP contribution < -0.4 is 0 Å². The fourth-order valence-electron chi connectivity index (χ4n) is 1.77. The van der Waals surface area contributed by atoms with Crippen LogP contribution in [0.4, 0.5) is 0 Å². The van der Waals surface area contributed by atoms with Gasteiger partial charge in [-0.25, -0.2) is 0 Å². The highest BCUT2D eigenvalue weighted by Gasteiger charge is 1.94. The van der Waals surface area contributed by atoms with Crippen LogP contribution in [0.1, 0.15) is 51.0 Å². The molecule has 1 N–H and O–H groups in total. The maximum absolute atomic E-state index is 9.13. The molecule has 0 unspecified atom stereocenters. The van der Waals surface area contributed by atoms with Crippen LogP contribution in [0.5, 0.6) is 5.75 Å². The Morgan fingerprint density at radius 1 is 0.882 bits per heavy atom. The van der Waals surface area contributed by atoms with E-state index in [0.29, 0.717) is 5.75 Å². The summed E-state index contributed by atoms with van der Waals surface area (Å²) in [6, 6.07) is 7.57. The fraction of sp³-hybridized carbons (Fsp3) is 0.500. The zero-order valence-corrected chi connectivity index (χ0v) is 11.1. The van der Waals surface area contributed by atoms with Crippen molar-refractivity contribution in [3.8, 4) is 5.75 Å². The van der Waals surface area contributed by atoms with Crippen LogP contribution in [0.3, 0.4) is 0 Å². The van der Waals surface area contributed by atoms with Crippen molar-refractivity contribution in [2.75, 3.05) is 0 Å². The van der Waals surface area contributed by atoms with Gasteiger partial charge in [-0.2, -0.15) is 0 Å². The molecule has 0 aliphatic rings. The Kier molecular flexibility index (Phi) is 10.4. The van der Waals surface area contributed by atoms with E-state index in [0.717, 1.165) is 6.42 Å². The zero-order chi connectivity index (χ0) is 12.9. The summed E-state index contributed by atoms with van der Waals surface area (Å²) < 4.78 is 0. The molecule has 0 aliphatic heterocycles. The summed E-state index contributed by atoms with van der Waals surface area (Å²) in [6.45, 7) is 8.25. The number of aromatic hydroxyl groups is 1. The van der Waals surface area contributed by atoms with Crippen molar-refractivity contribution >= 4 is 0 Å². The molecule has 0 fully saturated rings. The average molecular weight is 234 g/mol. The monoisotopic (exact) mass is 234 g/mol. The van der Waals surface area contributed by atoms with Gasteiger partial charge < -0.3 is 5.11 Å². The molecule has 1 nitrogen and oxygen atoms in total. The highest BCUT2D eigenvalue weighted by molar-refractivity contribution is 5.25. The normalized spacial score (nSPS) is 9.47. The van der Waals surface area contributed by atoms with E-state index in [9.17, 15) is 0 Å². The van der Waals surface area contributed by atoms with Crippen LogP contribution in [-0.4, -0.2) is 5.11 Å². The predicted molar refractivity (Wildman–Crippen MR) is 76.4 cm³/mol. The van der Waals surface area contributed by atoms with E-state index in [1.807, 2.05) is 12.1 Å². The summed E-state index contributed by atoms with van der Waals surface area (Å²) in [5, 5.41) is 9.13. The molecule has 1 aromatic carbocycles. The van der Waals surface area contributed by atoms with E-state index in [4.69, 9.17) is 5.11 Å². The highest BCUT2D eigenvalue weighted by atomic mass is 16.3. The number of phenols is 1. The van der Waals surface area contributed by atoms with E-state index in [2.05, 4.69) is 20.1 Å². The molecule has 0 saturated heterocycles. The van der Waals surface area contributed by atoms with Crippen molar-refractivity contribution in [1.29, 1.82) is 0 Å². The van der Waals surface area contributed by atoms with Gasteiger partial charge in [0.2, 0.25) is 0 Å². The molecule has 0 aromatic heterocycles. The van der Waals surface area contributed by atoms with Gasteiger partial charge in [0.15, 0.2) is 0 Å². The standard InChI is InChI=1S/C14H22O.C2H4/c1-2-3-4-5-6-7-8-13-9-11-14(15)12-10-13;1-2/h9-12,15H,2-8H2,1H3;1-2H2. The lowest BCUT2D eigenvalue weighted by molar-refractivity contribution is 0.475. The third kappa shape index (κ3) is 8.56. The Bertz CT molecular complexity index is 263. The first-order valence-corrected chi connectivity index (χ1v) is 6.61. The maximum Gasteiger partial charge on any atom is 0.115 e. The van der Waals surface area contributed by atoms with Crippen LogP contribution in [-0.2, 0) is 6.42 Å². The lowest BCUT2D eigenvalue weighted by Crippen LogP contribution is -1.85. The SMILES string of the molecule is C=C.CCCCCCCCc1ccc(O)cc1. The van der Waals surface area contributed by atoms with Gasteiger partial charge in [0.25, 0.3) is 0 Å². The summed E-state index contributed by atoms with van der Waals surface area (Å²) in [4.78, 5) is 0. The zero-order valence-electron chi connectivity index (χ0n) is 11.1. The summed E-state index contributed by atoms with van der Waals surface area (Å²) >= 11 is 0. The number of hydrogen-bond acceptors (Lipinski definition) is 1. The Balaban J connectivity index is 0.00000121. The van der Waals surface area contributed by atoms with E-state index >= 15 is 0 Å². The molecule has 0 heterocycles. The molecule has 96 valence electrons. The van der Waals surface area contributed by atoms with Crippen molar-refractivity contribution in [3.05, 3.63) is 43.0 Å². The first-order valence-electron chi connectivity index (χ1n) is 6.61. The second-order valence-corrected chi connectivity index (χ2v) is 4.18. The number of benzene rings is 1. The van der Waals surface area contributed by atoms with Crippen molar-refractivity contribution in [1.82, 2.24) is 0 Å². The Hall–Kier alpha value is -1.24. The Labute approximate surface area is 106 Å². The minimum absolute atomic E-state index is 0.363. The van der Waals surface area contributed by atoms with Gasteiger partial charge in [-0.3, -0.25) is 0 Å². The lowest BCUT2D eigenvalue weighted by Gasteiger charge is -2.02. The molecule has 0 amide bonds. The average Bonchev–Trinajstić information content (AvgIpc) is 2.38. The summed E-state index contributed by atoms with van der Waals surface area (Å²) in [5.74, 6) is 0.363. The Morgan fingerprint density at radius 2 is 1.41 bits per heavy atom. The molecule has 0 saturated carbocycles. The summed E-state index contributed by atoms with van der Waals surface area (Å²) in [6.07, 6.45) is 9.19. The third-order valence-electron chi connectivity index (χ3n) is 2.76. The van der Waals surface area contributed by atoms with Gasteiger partial charge in [0.1, 0.15) is 5.75 Å². The molecule has 1 rings (SSSR count). The van der Waals surface area contributed by atoms with E-state index in [-0.39, 0.29) is 0 Å². The minimum atomic E-state index is 0.363. The third-order valence-corrected chi connectivity index (χ3v) is 2.76. The second kappa shape index (κ2) is 11.3. The van der Waals surface area contributed by atoms with Crippen molar-refractivity contribution in [2.45, 2.75) is 51.9 Å². The van der Waals surface area contributed by atoms with Crippen LogP contribution in [0.25, 0.3) is 0 Å². The number of unbranched alkanes of at least 4 members (excludes halogenated alkanes) is 5. The molecular weight excluding hydrogens is 208 g/mol. The van der Waals surface area contributed by atoms with Gasteiger partial charge in [0.05, 0.1) is 0 Å². The first-order chi connectivity index (χ1) is 8.33. The molecule has 1 heteroatoms. The number of aryl methyl sites for hydroxylation is 1. The summed E-state index contributed by atoms with van der Waals surface area (Å²) in [5.41, 5.74) is 1.34. The molecule has 1 aromatic rings. The van der Waals surface area contributed by atoms with Gasteiger partial charge in [-0.05, 0) is 30.5 Å². The lowest BCUT2D eigenvalue weighted by atomic mass is 10.1. The van der Waals surface area contributed by atoms with Gasteiger partial charge in [0, 0.05) is 0 Å². The van der Waals surface area contributed by atoms with Gasteiger partial charge in [-0.15, -0.1) is 13.2 Å². The molecule has 0 radical (unpaired) electrons. The first kappa shape index (κ1) is 15.8. The van der Waals surface area contributed by atoms with Crippen molar-refractivity contribution in [2.24, 2.45) is 0 Å². The minimum Gasteiger partial charge on any atom is -0.508 e. The maximum atomic E-state index is 9.13. The Morgan fingerprint density at radius 3 is 2.00 bits per heavy atom. The topological polar surface area (TPSA) is 20.2 Å². The van der Waals surface area contributed by atoms with Crippen molar-refractivity contribution in [3.63, 3.8) is 0 Å². The quantitative estimate of drug-likeness (QED) is 0.514. The number of phenolic OH excluding ortho intramolecular Hbond substituents is 1. The van der Waals surface area contributed by atoms with Gasteiger partial charge in [-0.1, -0.05) is 51.2 Å². The van der Waals surface area contributed by atoms with E-state index in [1.54, 1.807) is 12.1 Å².